The third-order valence-electron chi connectivity index (χ3n) is 15.7. The summed E-state index contributed by atoms with van der Waals surface area (Å²) in [7, 11) is 0. The number of aromatic nitrogens is 7. The number of phenolic OH excluding ortho intramolecular Hbond substituents is 1. The number of phenols is 1. The Balaban J connectivity index is 0.919. The molecule has 12 rings (SSSR count). The minimum Gasteiger partial charge on any atom is -0.508 e. The lowest BCUT2D eigenvalue weighted by atomic mass is 9.87. The van der Waals surface area contributed by atoms with Crippen molar-refractivity contribution in [3.8, 4) is 49.1 Å². The molecule has 7 atom stereocenters. The number of nitrogens with zero attached hydrogens (tertiary/aromatic N) is 8. The summed E-state index contributed by atoms with van der Waals surface area (Å²) in [6.07, 6.45) is -2.42. The number of amides is 6. The summed E-state index contributed by atoms with van der Waals surface area (Å²) in [5.41, 5.74) is 8.51. The number of hydrogen-bond donors (Lipinski definition) is 9. The molecule has 1 saturated carbocycles. The smallest absolute Gasteiger partial charge is 0.413 e. The average Bonchev–Trinajstić information content (AvgIpc) is 1.73. The Morgan fingerprint density at radius 1 is 0.692 bits per heavy atom. The number of aliphatic carboxylic acids is 1. The maximum atomic E-state index is 15.2. The number of nitrogens with one attached hydrogen (secondary N) is 4. The van der Waals surface area contributed by atoms with E-state index in [0.29, 0.717) is 90.1 Å². The molecule has 10 N–H and O–H groups in total. The minimum absolute atomic E-state index is 0.00996. The van der Waals surface area contributed by atoms with Gasteiger partial charge in [0.2, 0.25) is 11.8 Å². The normalized spacial score (nSPS) is 21.6. The van der Waals surface area contributed by atoms with E-state index in [1.54, 1.807) is 77.7 Å². The molecule has 0 spiro atoms. The highest BCUT2D eigenvalue weighted by atomic mass is 32.1. The summed E-state index contributed by atoms with van der Waals surface area (Å²) >= 11 is 6.87. The van der Waals surface area contributed by atoms with Gasteiger partial charge in [-0.05, 0) is 68.0 Å². The number of carboxylic acid groups (broad SMARTS) is 1. The molecule has 468 valence electrons. The lowest BCUT2D eigenvalue weighted by Crippen LogP contribution is -2.50. The number of carboxylic acids is 1. The number of fused-ring (bicyclic) bond motifs is 16. The average molecular weight is 1340 g/mol. The van der Waals surface area contributed by atoms with Crippen LogP contribution in [0.2, 0.25) is 0 Å². The van der Waals surface area contributed by atoms with Gasteiger partial charge in [-0.3, -0.25) is 34.1 Å². The van der Waals surface area contributed by atoms with Crippen LogP contribution >= 0.6 is 68.0 Å². The van der Waals surface area contributed by atoms with E-state index >= 15 is 4.79 Å². The number of hydrogen-bond acceptors (Lipinski definition) is 24. The molecular formula is C60H55N13O12S6. The predicted molar refractivity (Wildman–Crippen MR) is 339 cm³/mol. The number of ether oxygens (including phenoxy) is 1. The molecule has 1 aliphatic carbocycles. The SMILES string of the molecule is Cc1sc2nc1C(=O)N[C@@H]([C@H](O)c1ccccc1)c1nc(cs1)C(=O)N[C@@H](Cc1ccc(O)cc1)C(=O)N1C[C@H](O)[C@H](C)[C@H]1c1nc(cs1)-c1nc(cs1)-c1nc(-c3nc(NC(=O)OC4CCC(C(=O)O)CC4)cs3)ccc1-c1nc(cs1)C(=O)N[C@H]2CC(N)=O. The topological polar surface area (TPSA) is 377 Å². The largest absolute Gasteiger partial charge is 0.508 e. The third kappa shape index (κ3) is 13.6. The van der Waals surface area contributed by atoms with Gasteiger partial charge in [-0.25, -0.2) is 39.7 Å². The number of aryl methyl sites for hydroxylation is 1. The van der Waals surface area contributed by atoms with Gasteiger partial charge >= 0.3 is 12.1 Å². The highest BCUT2D eigenvalue weighted by Gasteiger charge is 2.46. The summed E-state index contributed by atoms with van der Waals surface area (Å²) in [5, 5.41) is 64.5. The third-order valence-corrected chi connectivity index (χ3v) is 21.3. The number of aliphatic hydroxyl groups is 2. The maximum absolute atomic E-state index is 15.2. The number of anilines is 1. The number of carbonyl (C=O) groups is 7. The van der Waals surface area contributed by atoms with E-state index in [9.17, 15) is 49.2 Å². The van der Waals surface area contributed by atoms with Gasteiger partial charge in [0.25, 0.3) is 17.7 Å². The Morgan fingerprint density at radius 3 is 2.09 bits per heavy atom. The number of primary amides is 1. The highest BCUT2D eigenvalue weighted by molar-refractivity contribution is 7.15. The molecule has 31 heteroatoms. The highest BCUT2D eigenvalue weighted by Crippen LogP contribution is 2.43. The number of carbonyl (C=O) groups excluding carboxylic acids is 6. The first-order valence-electron chi connectivity index (χ1n) is 28.5. The lowest BCUT2D eigenvalue weighted by Gasteiger charge is -2.29. The molecule has 1 saturated heterocycles. The number of rotatable bonds is 10. The molecule has 7 aromatic heterocycles. The van der Waals surface area contributed by atoms with Gasteiger partial charge < -0.3 is 51.7 Å². The standard InChI is InChI=1S/C60H55N13O12S6/c1-26-41(75)20-73-47(26)57-68-40(24-89-57)54-65-37(21-87-54)45-33(16-17-34(62-45)53-69-43(25-90-53)70-60(84)85-32-14-10-30(11-15-32)59(82)83)52-66-38(22-86-52)49(78)63-35(19-42(61)76)55-72-44(27(2)91-55)51(80)71-46(48(77)29-6-4-3-5-7-29)56-67-39(23-88-56)50(79)64-36(58(73)81)18-28-8-12-31(74)13-9-28/h3-9,12-13,16-17,21-26,30,32,35-36,41,46-48,74-75,77H,10-11,14-15,18-20H2,1-2H3,(H2,61,76)(H,63,78)(H,64,79)(H,70,84)(H,71,80)(H,82,83)/t26-,30?,32?,35-,36-,41-,46-,47-,48+/m0/s1. The van der Waals surface area contributed by atoms with E-state index in [1.165, 1.54) is 61.8 Å². The van der Waals surface area contributed by atoms with E-state index in [0.717, 1.165) is 34.0 Å². The molecule has 9 aromatic rings. The Labute approximate surface area is 541 Å². The molecule has 0 unspecified atom stereocenters. The number of pyridine rings is 1. The zero-order valence-electron chi connectivity index (χ0n) is 48.0. The molecule has 25 nitrogen and oxygen atoms in total. The molecule has 2 fully saturated rings. The van der Waals surface area contributed by atoms with E-state index in [1.807, 2.05) is 6.92 Å². The number of thiazole rings is 6. The number of aromatic hydroxyl groups is 1. The van der Waals surface area contributed by atoms with Crippen LogP contribution in [0.4, 0.5) is 10.6 Å². The second-order valence-corrected chi connectivity index (χ2v) is 27.5. The summed E-state index contributed by atoms with van der Waals surface area (Å²) in [6, 6.07) is 13.7. The number of nitrogens with two attached hydrogens (primary N) is 1. The van der Waals surface area contributed by atoms with Crippen molar-refractivity contribution in [3.63, 3.8) is 0 Å². The van der Waals surface area contributed by atoms with Gasteiger partial charge in [0.1, 0.15) is 100 Å². The summed E-state index contributed by atoms with van der Waals surface area (Å²) < 4.78 is 5.62. The van der Waals surface area contributed by atoms with Gasteiger partial charge in [0.05, 0.1) is 36.2 Å². The summed E-state index contributed by atoms with van der Waals surface area (Å²) in [6.45, 7) is 3.34. The molecule has 0 radical (unpaired) electrons. The van der Waals surface area contributed by atoms with E-state index in [4.69, 9.17) is 30.4 Å². The predicted octanol–water partition coefficient (Wildman–Crippen LogP) is 8.48. The van der Waals surface area contributed by atoms with Crippen molar-refractivity contribution < 1.29 is 58.7 Å². The first-order chi connectivity index (χ1) is 43.8. The van der Waals surface area contributed by atoms with Crippen LogP contribution in [-0.4, -0.2) is 127 Å². The molecule has 2 aliphatic heterocycles. The Hall–Kier alpha value is -8.82. The van der Waals surface area contributed by atoms with Crippen molar-refractivity contribution in [3.05, 3.63) is 142 Å². The van der Waals surface area contributed by atoms with Gasteiger partial charge in [-0.1, -0.05) is 49.4 Å². The van der Waals surface area contributed by atoms with Crippen molar-refractivity contribution in [2.45, 2.75) is 94.9 Å². The Bertz CT molecular complexity index is 4230. The van der Waals surface area contributed by atoms with E-state index in [2.05, 4.69) is 36.2 Å². The molecule has 91 heavy (non-hydrogen) atoms. The van der Waals surface area contributed by atoms with Crippen molar-refractivity contribution >= 4 is 115 Å². The zero-order chi connectivity index (χ0) is 63.8. The fraction of sp³-hybridized carbons (Fsp3) is 0.300. The molecule has 3 aliphatic rings. The van der Waals surface area contributed by atoms with Gasteiger partial charge in [0.15, 0.2) is 0 Å². The van der Waals surface area contributed by atoms with Gasteiger partial charge in [-0.2, -0.15) is 0 Å². The summed E-state index contributed by atoms with van der Waals surface area (Å²) in [4.78, 5) is 131. The lowest BCUT2D eigenvalue weighted by molar-refractivity contribution is -0.143. The van der Waals surface area contributed by atoms with Crippen LogP contribution in [0.1, 0.15) is 126 Å². The second-order valence-electron chi connectivity index (χ2n) is 21.9. The van der Waals surface area contributed by atoms with Crippen LogP contribution in [0.25, 0.3) is 43.4 Å². The minimum atomic E-state index is -1.42. The first kappa shape index (κ1) is 62.4. The van der Waals surface area contributed by atoms with Crippen LogP contribution < -0.4 is 27.0 Å². The van der Waals surface area contributed by atoms with Crippen LogP contribution in [0, 0.1) is 18.8 Å². The van der Waals surface area contributed by atoms with Crippen LogP contribution in [0.5, 0.6) is 5.75 Å². The second kappa shape index (κ2) is 26.6. The fourth-order valence-corrected chi connectivity index (χ4v) is 16.2. The first-order valence-corrected chi connectivity index (χ1v) is 33.7. The number of benzene rings is 2. The van der Waals surface area contributed by atoms with Crippen molar-refractivity contribution in [2.75, 3.05) is 11.9 Å². The molecule has 6 amide bonds. The fourth-order valence-electron chi connectivity index (χ4n) is 11.0. The molecular weight excluding hydrogens is 1290 g/mol. The Kier molecular flexibility index (Phi) is 18.2. The molecule has 10 bridgehead atoms. The summed E-state index contributed by atoms with van der Waals surface area (Å²) in [5.74, 6) is -5.22. The molecule has 9 heterocycles. The molecule has 2 aromatic carbocycles. The van der Waals surface area contributed by atoms with Crippen LogP contribution in [-0.2, 0) is 25.5 Å². The van der Waals surface area contributed by atoms with Crippen LogP contribution in [0.15, 0.2) is 93.6 Å². The number of aliphatic hydroxyl groups excluding tert-OH is 2. The van der Waals surface area contributed by atoms with E-state index < -0.39 is 102 Å². The maximum Gasteiger partial charge on any atom is 0.413 e. The Morgan fingerprint density at radius 2 is 1.34 bits per heavy atom. The van der Waals surface area contributed by atoms with Crippen molar-refractivity contribution in [1.82, 2.24) is 55.7 Å². The quantitative estimate of drug-likeness (QED) is 0.0619. The van der Waals surface area contributed by atoms with Crippen molar-refractivity contribution in [2.24, 2.45) is 17.6 Å². The zero-order valence-corrected chi connectivity index (χ0v) is 52.9. The monoisotopic (exact) mass is 1340 g/mol. The van der Waals surface area contributed by atoms with Crippen molar-refractivity contribution in [1.29, 1.82) is 0 Å². The van der Waals surface area contributed by atoms with Gasteiger partial charge in [-0.15, -0.1) is 68.0 Å². The van der Waals surface area contributed by atoms with E-state index in [-0.39, 0.29) is 51.6 Å². The van der Waals surface area contributed by atoms with Gasteiger partial charge in [0, 0.05) is 56.2 Å². The van der Waals surface area contributed by atoms with Crippen LogP contribution in [0.3, 0.4) is 0 Å².